The number of carbonyl (C=O) groups is 1. The molecule has 1 amide bonds. The second-order valence-electron chi connectivity index (χ2n) is 8.06. The Kier molecular flexibility index (Phi) is 7.83. The molecule has 0 saturated carbocycles. The first-order chi connectivity index (χ1) is 16.1. The van der Waals surface area contributed by atoms with Gasteiger partial charge < -0.3 is 14.8 Å². The zero-order valence-electron chi connectivity index (χ0n) is 20.0. The highest BCUT2D eigenvalue weighted by molar-refractivity contribution is 7.92. The van der Waals surface area contributed by atoms with Crippen molar-refractivity contribution in [2.45, 2.75) is 31.7 Å². The van der Waals surface area contributed by atoms with Crippen LogP contribution in [0.4, 0.5) is 5.69 Å². The van der Waals surface area contributed by atoms with Crippen LogP contribution in [0.1, 0.15) is 29.7 Å². The average Bonchev–Trinajstić information content (AvgIpc) is 2.82. The number of aryl methyl sites for hydroxylation is 2. The van der Waals surface area contributed by atoms with Crippen molar-refractivity contribution in [3.63, 3.8) is 0 Å². The zero-order chi connectivity index (χ0) is 24.9. The minimum absolute atomic E-state index is 0.0716. The maximum atomic E-state index is 13.7. The van der Waals surface area contributed by atoms with E-state index in [1.807, 2.05) is 45.0 Å². The van der Waals surface area contributed by atoms with Crippen LogP contribution < -0.4 is 19.1 Å². The van der Waals surface area contributed by atoms with Crippen LogP contribution in [-0.2, 0) is 14.8 Å². The van der Waals surface area contributed by atoms with Gasteiger partial charge in [0.25, 0.3) is 10.0 Å². The molecule has 34 heavy (non-hydrogen) atoms. The molecule has 1 atom stereocenters. The maximum absolute atomic E-state index is 13.7. The fraction of sp³-hybridized carbons (Fsp3) is 0.269. The quantitative estimate of drug-likeness (QED) is 0.489. The molecule has 0 aliphatic carbocycles. The molecule has 0 radical (unpaired) electrons. The predicted octanol–water partition coefficient (Wildman–Crippen LogP) is 4.39. The van der Waals surface area contributed by atoms with E-state index in [1.165, 1.54) is 26.4 Å². The zero-order valence-corrected chi connectivity index (χ0v) is 20.8. The van der Waals surface area contributed by atoms with Gasteiger partial charge in [0.15, 0.2) is 0 Å². The molecule has 180 valence electrons. The van der Waals surface area contributed by atoms with Crippen LogP contribution in [-0.4, -0.2) is 35.1 Å². The molecule has 0 spiro atoms. The van der Waals surface area contributed by atoms with E-state index < -0.39 is 22.5 Å². The first-order valence-corrected chi connectivity index (χ1v) is 12.3. The van der Waals surface area contributed by atoms with Gasteiger partial charge in [0, 0.05) is 6.07 Å². The molecule has 3 aromatic carbocycles. The van der Waals surface area contributed by atoms with Crippen molar-refractivity contribution in [1.82, 2.24) is 5.32 Å². The molecule has 0 aromatic heterocycles. The molecule has 3 rings (SSSR count). The summed E-state index contributed by atoms with van der Waals surface area (Å²) in [6, 6.07) is 18.8. The number of sulfonamides is 1. The van der Waals surface area contributed by atoms with Gasteiger partial charge in [-0.1, -0.05) is 47.5 Å². The summed E-state index contributed by atoms with van der Waals surface area (Å²) in [4.78, 5) is 13.1. The van der Waals surface area contributed by atoms with Crippen molar-refractivity contribution >= 4 is 21.6 Å². The summed E-state index contributed by atoms with van der Waals surface area (Å²) >= 11 is 0. The molecule has 1 N–H and O–H groups in total. The lowest BCUT2D eigenvalue weighted by atomic mass is 10.1. The molecular formula is C26H30N2O5S. The van der Waals surface area contributed by atoms with Gasteiger partial charge in [0.2, 0.25) is 5.91 Å². The van der Waals surface area contributed by atoms with Crippen LogP contribution in [0.25, 0.3) is 0 Å². The number of nitrogens with zero attached hydrogens (tertiary/aromatic N) is 1. The van der Waals surface area contributed by atoms with E-state index in [2.05, 4.69) is 5.32 Å². The molecular weight excluding hydrogens is 452 g/mol. The Morgan fingerprint density at radius 3 is 2.06 bits per heavy atom. The highest BCUT2D eigenvalue weighted by Gasteiger charge is 2.30. The summed E-state index contributed by atoms with van der Waals surface area (Å²) in [6.07, 6.45) is 0. The number of nitrogens with one attached hydrogen (secondary N) is 1. The number of rotatable bonds is 9. The predicted molar refractivity (Wildman–Crippen MR) is 133 cm³/mol. The van der Waals surface area contributed by atoms with E-state index in [9.17, 15) is 13.2 Å². The van der Waals surface area contributed by atoms with Crippen LogP contribution in [0, 0.1) is 13.8 Å². The molecule has 0 fully saturated rings. The SMILES string of the molecule is COc1ccc(OC)c(N(CC(=O)N[C@H](C)c2ccc(C)cc2)S(=O)(=O)c2ccc(C)cc2)c1. The second-order valence-corrected chi connectivity index (χ2v) is 9.92. The summed E-state index contributed by atoms with van der Waals surface area (Å²) in [5, 5.41) is 2.90. The van der Waals surface area contributed by atoms with Gasteiger partial charge in [0.05, 0.1) is 30.8 Å². The highest BCUT2D eigenvalue weighted by Crippen LogP contribution is 2.35. The van der Waals surface area contributed by atoms with Crippen LogP contribution >= 0.6 is 0 Å². The van der Waals surface area contributed by atoms with Gasteiger partial charge in [-0.25, -0.2) is 8.42 Å². The van der Waals surface area contributed by atoms with Crippen LogP contribution in [0.15, 0.2) is 71.6 Å². The number of hydrogen-bond donors (Lipinski definition) is 1. The fourth-order valence-corrected chi connectivity index (χ4v) is 4.91. The number of hydrogen-bond acceptors (Lipinski definition) is 5. The third-order valence-electron chi connectivity index (χ3n) is 5.51. The minimum Gasteiger partial charge on any atom is -0.497 e. The minimum atomic E-state index is -4.09. The number of benzene rings is 3. The third kappa shape index (κ3) is 5.69. The smallest absolute Gasteiger partial charge is 0.264 e. The molecule has 0 saturated heterocycles. The summed E-state index contributed by atoms with van der Waals surface area (Å²) in [6.45, 7) is 5.28. The number of amides is 1. The Bertz CT molecular complexity index is 1240. The Morgan fingerprint density at radius 1 is 0.912 bits per heavy atom. The van der Waals surface area contributed by atoms with Crippen molar-refractivity contribution in [2.24, 2.45) is 0 Å². The molecule has 0 aliphatic rings. The van der Waals surface area contributed by atoms with Crippen molar-refractivity contribution in [3.05, 3.63) is 83.4 Å². The van der Waals surface area contributed by atoms with E-state index in [1.54, 1.807) is 30.3 Å². The molecule has 0 bridgehead atoms. The monoisotopic (exact) mass is 482 g/mol. The van der Waals surface area contributed by atoms with Crippen molar-refractivity contribution < 1.29 is 22.7 Å². The lowest BCUT2D eigenvalue weighted by molar-refractivity contribution is -0.120. The maximum Gasteiger partial charge on any atom is 0.264 e. The standard InChI is InChI=1S/C26H30N2O5S/c1-18-6-10-21(11-7-18)20(3)27-26(29)17-28(24-16-22(32-4)12-15-25(24)33-5)34(30,31)23-13-8-19(2)9-14-23/h6-16,20H,17H2,1-5H3,(H,27,29)/t20-/m1/s1. The van der Waals surface area contributed by atoms with Crippen molar-refractivity contribution in [2.75, 3.05) is 25.1 Å². The number of carbonyl (C=O) groups excluding carboxylic acids is 1. The van der Waals surface area contributed by atoms with Crippen LogP contribution in [0.5, 0.6) is 11.5 Å². The van der Waals surface area contributed by atoms with E-state index in [0.29, 0.717) is 11.5 Å². The van der Waals surface area contributed by atoms with Gasteiger partial charge in [-0.3, -0.25) is 9.10 Å². The van der Waals surface area contributed by atoms with E-state index in [-0.39, 0.29) is 16.6 Å². The molecule has 0 aliphatic heterocycles. The van der Waals surface area contributed by atoms with Gasteiger partial charge in [0.1, 0.15) is 18.0 Å². The lowest BCUT2D eigenvalue weighted by Crippen LogP contribution is -2.41. The normalized spacial score (nSPS) is 12.0. The second kappa shape index (κ2) is 10.6. The molecule has 7 nitrogen and oxygen atoms in total. The van der Waals surface area contributed by atoms with Crippen molar-refractivity contribution in [1.29, 1.82) is 0 Å². The Labute approximate surface area is 201 Å². The van der Waals surface area contributed by atoms with Crippen molar-refractivity contribution in [3.8, 4) is 11.5 Å². The molecule has 0 heterocycles. The first kappa shape index (κ1) is 25.1. The average molecular weight is 483 g/mol. The van der Waals surface area contributed by atoms with Crippen LogP contribution in [0.2, 0.25) is 0 Å². The topological polar surface area (TPSA) is 84.9 Å². The van der Waals surface area contributed by atoms with Gasteiger partial charge in [-0.2, -0.15) is 0 Å². The van der Waals surface area contributed by atoms with Crippen LogP contribution in [0.3, 0.4) is 0 Å². The third-order valence-corrected chi connectivity index (χ3v) is 7.28. The number of anilines is 1. The number of ether oxygens (including phenoxy) is 2. The largest absolute Gasteiger partial charge is 0.497 e. The molecule has 8 heteroatoms. The summed E-state index contributed by atoms with van der Waals surface area (Å²) < 4.78 is 39.2. The Morgan fingerprint density at radius 2 is 1.50 bits per heavy atom. The summed E-state index contributed by atoms with van der Waals surface area (Å²) in [5.41, 5.74) is 3.17. The lowest BCUT2D eigenvalue weighted by Gasteiger charge is -2.27. The Hall–Kier alpha value is -3.52. The first-order valence-electron chi connectivity index (χ1n) is 10.8. The molecule has 3 aromatic rings. The fourth-order valence-electron chi connectivity index (χ4n) is 3.48. The van der Waals surface area contributed by atoms with E-state index in [4.69, 9.17) is 9.47 Å². The molecule has 0 unspecified atom stereocenters. The van der Waals surface area contributed by atoms with Gasteiger partial charge in [-0.05, 0) is 50.6 Å². The summed E-state index contributed by atoms with van der Waals surface area (Å²) in [7, 11) is -1.16. The van der Waals surface area contributed by atoms with E-state index >= 15 is 0 Å². The Balaban J connectivity index is 1.99. The summed E-state index contributed by atoms with van der Waals surface area (Å²) in [5.74, 6) is 0.290. The number of methoxy groups -OCH3 is 2. The van der Waals surface area contributed by atoms with E-state index in [0.717, 1.165) is 21.0 Å². The van der Waals surface area contributed by atoms with Gasteiger partial charge in [-0.15, -0.1) is 0 Å². The highest BCUT2D eigenvalue weighted by atomic mass is 32.2. The van der Waals surface area contributed by atoms with Gasteiger partial charge >= 0.3 is 0 Å².